The van der Waals surface area contributed by atoms with E-state index >= 15 is 0 Å². The van der Waals surface area contributed by atoms with Crippen LogP contribution in [0.15, 0.2) is 42.5 Å². The van der Waals surface area contributed by atoms with Gasteiger partial charge in [-0.05, 0) is 48.9 Å². The molecule has 2 amide bonds. The van der Waals surface area contributed by atoms with E-state index in [1.54, 1.807) is 12.0 Å². The normalized spacial score (nSPS) is 12.2. The second kappa shape index (κ2) is 10.6. The van der Waals surface area contributed by atoms with Gasteiger partial charge in [-0.2, -0.15) is 0 Å². The lowest BCUT2D eigenvalue weighted by molar-refractivity contribution is -0.130. The molecule has 0 aromatic heterocycles. The van der Waals surface area contributed by atoms with Crippen molar-refractivity contribution >= 4 is 17.5 Å². The predicted molar refractivity (Wildman–Crippen MR) is 118 cm³/mol. The number of benzene rings is 2. The number of nitrogens with zero attached hydrogens (tertiary/aromatic N) is 2. The zero-order valence-corrected chi connectivity index (χ0v) is 18.0. The monoisotopic (exact) mass is 427 g/mol. The Balaban J connectivity index is 1.71. The minimum atomic E-state index is -0.408. The standard InChI is InChI=1S/C23H29N3O5/c1-3-25(15-17-4-9-20-21(14-17)31-13-12-30-20)23(28)16-26(11-10-22(24)27)18-5-7-19(29-2)8-6-18/h4-9,14H,3,10-13,15-16H2,1-2H3,(H2,24,27). The van der Waals surface area contributed by atoms with Crippen molar-refractivity contribution in [1.29, 1.82) is 0 Å². The van der Waals surface area contributed by atoms with Crippen LogP contribution in [0.3, 0.4) is 0 Å². The van der Waals surface area contributed by atoms with Crippen LogP contribution in [0, 0.1) is 0 Å². The molecule has 8 nitrogen and oxygen atoms in total. The number of amides is 2. The van der Waals surface area contributed by atoms with Crippen molar-refractivity contribution in [1.82, 2.24) is 4.90 Å². The number of fused-ring (bicyclic) bond motifs is 1. The summed E-state index contributed by atoms with van der Waals surface area (Å²) in [5.41, 5.74) is 7.13. The summed E-state index contributed by atoms with van der Waals surface area (Å²) in [7, 11) is 1.60. The number of carbonyl (C=O) groups excluding carboxylic acids is 2. The highest BCUT2D eigenvalue weighted by molar-refractivity contribution is 5.82. The third kappa shape index (κ3) is 6.04. The molecule has 0 aliphatic carbocycles. The largest absolute Gasteiger partial charge is 0.497 e. The molecule has 0 atom stereocenters. The van der Waals surface area contributed by atoms with Crippen LogP contribution in [0.1, 0.15) is 18.9 Å². The average molecular weight is 428 g/mol. The fraction of sp³-hybridized carbons (Fsp3) is 0.391. The van der Waals surface area contributed by atoms with Gasteiger partial charge in [-0.1, -0.05) is 6.07 Å². The number of anilines is 1. The van der Waals surface area contributed by atoms with Crippen molar-refractivity contribution < 1.29 is 23.8 Å². The molecule has 166 valence electrons. The summed E-state index contributed by atoms with van der Waals surface area (Å²) < 4.78 is 16.4. The molecule has 2 aromatic carbocycles. The van der Waals surface area contributed by atoms with E-state index < -0.39 is 5.91 Å². The van der Waals surface area contributed by atoms with Crippen molar-refractivity contribution in [3.63, 3.8) is 0 Å². The SMILES string of the molecule is CCN(Cc1ccc2c(c1)OCCO2)C(=O)CN(CCC(N)=O)c1ccc(OC)cc1. The van der Waals surface area contributed by atoms with Crippen LogP contribution in [0.4, 0.5) is 5.69 Å². The molecule has 0 bridgehead atoms. The second-order valence-corrected chi connectivity index (χ2v) is 7.22. The number of rotatable bonds is 10. The molecule has 31 heavy (non-hydrogen) atoms. The van der Waals surface area contributed by atoms with Crippen LogP contribution < -0.4 is 24.8 Å². The molecule has 0 saturated heterocycles. The molecule has 8 heteroatoms. The van der Waals surface area contributed by atoms with E-state index in [2.05, 4.69) is 0 Å². The van der Waals surface area contributed by atoms with Gasteiger partial charge in [0.2, 0.25) is 11.8 Å². The maximum Gasteiger partial charge on any atom is 0.242 e. The van der Waals surface area contributed by atoms with Gasteiger partial charge in [-0.3, -0.25) is 9.59 Å². The number of carbonyl (C=O) groups is 2. The van der Waals surface area contributed by atoms with Crippen molar-refractivity contribution in [2.75, 3.05) is 44.9 Å². The first kappa shape index (κ1) is 22.3. The van der Waals surface area contributed by atoms with Gasteiger partial charge in [0.05, 0.1) is 13.7 Å². The maximum absolute atomic E-state index is 13.1. The van der Waals surface area contributed by atoms with Crippen molar-refractivity contribution in [2.45, 2.75) is 19.9 Å². The van der Waals surface area contributed by atoms with Gasteiger partial charge in [-0.15, -0.1) is 0 Å². The topological polar surface area (TPSA) is 94.3 Å². The molecular weight excluding hydrogens is 398 g/mol. The molecule has 0 saturated carbocycles. The average Bonchev–Trinajstić information content (AvgIpc) is 2.79. The Morgan fingerprint density at radius 3 is 2.42 bits per heavy atom. The van der Waals surface area contributed by atoms with Gasteiger partial charge < -0.3 is 29.7 Å². The molecule has 0 unspecified atom stereocenters. The van der Waals surface area contributed by atoms with Crippen LogP contribution in [0.5, 0.6) is 17.2 Å². The summed E-state index contributed by atoms with van der Waals surface area (Å²) in [5.74, 6) is 1.70. The van der Waals surface area contributed by atoms with E-state index in [4.69, 9.17) is 19.9 Å². The maximum atomic E-state index is 13.1. The van der Waals surface area contributed by atoms with Crippen LogP contribution in [0.25, 0.3) is 0 Å². The minimum Gasteiger partial charge on any atom is -0.497 e. The highest BCUT2D eigenvalue weighted by Gasteiger charge is 2.19. The number of ether oxygens (including phenoxy) is 3. The highest BCUT2D eigenvalue weighted by atomic mass is 16.6. The molecule has 0 radical (unpaired) electrons. The molecule has 2 N–H and O–H groups in total. The van der Waals surface area contributed by atoms with E-state index in [1.165, 1.54) is 0 Å². The molecule has 1 aliphatic heterocycles. The van der Waals surface area contributed by atoms with Gasteiger partial charge in [-0.25, -0.2) is 0 Å². The fourth-order valence-electron chi connectivity index (χ4n) is 3.38. The Kier molecular flexibility index (Phi) is 7.59. The lowest BCUT2D eigenvalue weighted by Gasteiger charge is -2.28. The number of hydrogen-bond donors (Lipinski definition) is 1. The Labute approximate surface area is 182 Å². The lowest BCUT2D eigenvalue weighted by atomic mass is 10.1. The van der Waals surface area contributed by atoms with Crippen LogP contribution in [-0.4, -0.2) is 56.7 Å². The summed E-state index contributed by atoms with van der Waals surface area (Å²) in [4.78, 5) is 28.1. The highest BCUT2D eigenvalue weighted by Crippen LogP contribution is 2.31. The van der Waals surface area contributed by atoms with Gasteiger partial charge in [0.15, 0.2) is 11.5 Å². The van der Waals surface area contributed by atoms with Crippen LogP contribution in [-0.2, 0) is 16.1 Å². The summed E-state index contributed by atoms with van der Waals surface area (Å²) in [5, 5.41) is 0. The van der Waals surface area contributed by atoms with Gasteiger partial charge in [0.25, 0.3) is 0 Å². The lowest BCUT2D eigenvalue weighted by Crippen LogP contribution is -2.41. The molecule has 3 rings (SSSR count). The molecule has 2 aromatic rings. The van der Waals surface area contributed by atoms with Gasteiger partial charge >= 0.3 is 0 Å². The third-order valence-electron chi connectivity index (χ3n) is 5.11. The summed E-state index contributed by atoms with van der Waals surface area (Å²) in [6.07, 6.45) is 0.160. The Morgan fingerprint density at radius 1 is 1.06 bits per heavy atom. The molecule has 1 heterocycles. The van der Waals surface area contributed by atoms with Gasteiger partial charge in [0, 0.05) is 31.7 Å². The van der Waals surface area contributed by atoms with Crippen molar-refractivity contribution in [3.05, 3.63) is 48.0 Å². The summed E-state index contributed by atoms with van der Waals surface area (Å²) >= 11 is 0. The van der Waals surface area contributed by atoms with E-state index in [0.29, 0.717) is 38.6 Å². The smallest absolute Gasteiger partial charge is 0.242 e. The van der Waals surface area contributed by atoms with Crippen molar-refractivity contribution in [2.24, 2.45) is 5.73 Å². The first-order valence-electron chi connectivity index (χ1n) is 10.3. The molecular formula is C23H29N3O5. The zero-order chi connectivity index (χ0) is 22.2. The van der Waals surface area contributed by atoms with Crippen molar-refractivity contribution in [3.8, 4) is 17.2 Å². The van der Waals surface area contributed by atoms with E-state index in [-0.39, 0.29) is 18.9 Å². The molecule has 0 fully saturated rings. The number of primary amides is 1. The quantitative estimate of drug-likeness (QED) is 0.625. The summed E-state index contributed by atoms with van der Waals surface area (Å²) in [6.45, 7) is 4.50. The van der Waals surface area contributed by atoms with Crippen LogP contribution in [0.2, 0.25) is 0 Å². The second-order valence-electron chi connectivity index (χ2n) is 7.22. The van der Waals surface area contributed by atoms with Crippen LogP contribution >= 0.6 is 0 Å². The number of hydrogen-bond acceptors (Lipinski definition) is 6. The van der Waals surface area contributed by atoms with Gasteiger partial charge in [0.1, 0.15) is 19.0 Å². The first-order valence-corrected chi connectivity index (χ1v) is 10.3. The minimum absolute atomic E-state index is 0.0438. The number of likely N-dealkylation sites (N-methyl/N-ethyl adjacent to an activating group) is 1. The number of methoxy groups -OCH3 is 1. The molecule has 0 spiro atoms. The van der Waals surface area contributed by atoms with E-state index in [0.717, 1.165) is 22.7 Å². The fourth-order valence-corrected chi connectivity index (χ4v) is 3.38. The Morgan fingerprint density at radius 2 is 1.77 bits per heavy atom. The first-order chi connectivity index (χ1) is 15.0. The van der Waals surface area contributed by atoms with E-state index in [1.807, 2.05) is 54.3 Å². The molecule has 1 aliphatic rings. The van der Waals surface area contributed by atoms with E-state index in [9.17, 15) is 9.59 Å². The number of nitrogens with two attached hydrogens (primary N) is 1. The predicted octanol–water partition coefficient (Wildman–Crippen LogP) is 2.20. The summed E-state index contributed by atoms with van der Waals surface area (Å²) in [6, 6.07) is 13.1. The zero-order valence-electron chi connectivity index (χ0n) is 18.0. The third-order valence-corrected chi connectivity index (χ3v) is 5.11. The Hall–Kier alpha value is -3.42. The Bertz CT molecular complexity index is 901.